The fourth-order valence-electron chi connectivity index (χ4n) is 1.96. The van der Waals surface area contributed by atoms with Crippen molar-refractivity contribution < 1.29 is 14.6 Å². The van der Waals surface area contributed by atoms with Crippen molar-refractivity contribution in [3.05, 3.63) is 24.3 Å². The molecule has 3 N–H and O–H groups in total. The number of para-hydroxylation sites is 2. The topological polar surface area (TPSA) is 70.6 Å². The molecule has 0 fully saturated rings. The number of amides is 1. The van der Waals surface area contributed by atoms with Crippen molar-refractivity contribution in [2.24, 2.45) is 5.92 Å². The molecular weight excluding hydrogens is 244 g/mol. The molecule has 1 aromatic rings. The van der Waals surface area contributed by atoms with E-state index in [0.29, 0.717) is 12.3 Å². The zero-order valence-electron chi connectivity index (χ0n) is 11.2. The number of carbonyl (C=O) groups excluding carboxylic acids is 1. The molecule has 0 radical (unpaired) electrons. The van der Waals surface area contributed by atoms with Crippen LogP contribution in [-0.2, 0) is 4.79 Å². The molecule has 0 bridgehead atoms. The minimum Gasteiger partial charge on any atom is -0.477 e. The molecule has 0 saturated heterocycles. The Hall–Kier alpha value is -1.75. The molecule has 2 rings (SSSR count). The number of nitrogens with one attached hydrogen (secondary N) is 2. The molecule has 2 unspecified atom stereocenters. The number of anilines is 1. The number of fused-ring (bicyclic) bond motifs is 1. The Morgan fingerprint density at radius 2 is 2.26 bits per heavy atom. The Morgan fingerprint density at radius 3 is 2.95 bits per heavy atom. The maximum Gasteiger partial charge on any atom is 0.263 e. The van der Waals surface area contributed by atoms with Gasteiger partial charge in [0.2, 0.25) is 0 Å². The number of benzene rings is 1. The van der Waals surface area contributed by atoms with E-state index in [9.17, 15) is 9.90 Å². The molecule has 0 aromatic heterocycles. The summed E-state index contributed by atoms with van der Waals surface area (Å²) in [5.41, 5.74) is 0.897. The van der Waals surface area contributed by atoms with Gasteiger partial charge >= 0.3 is 0 Å². The highest BCUT2D eigenvalue weighted by molar-refractivity contribution is 5.83. The monoisotopic (exact) mass is 264 g/mol. The SMILES string of the molecule is CC(C)C(CO)NC(=O)C1CNc2ccccc2O1. The first-order valence-electron chi connectivity index (χ1n) is 6.52. The highest BCUT2D eigenvalue weighted by atomic mass is 16.5. The van der Waals surface area contributed by atoms with Gasteiger partial charge in [-0.2, -0.15) is 0 Å². The molecule has 19 heavy (non-hydrogen) atoms. The molecule has 0 saturated carbocycles. The van der Waals surface area contributed by atoms with E-state index in [1.807, 2.05) is 38.1 Å². The Labute approximate surface area is 113 Å². The number of hydrogen-bond acceptors (Lipinski definition) is 4. The van der Waals surface area contributed by atoms with Crippen LogP contribution in [0.15, 0.2) is 24.3 Å². The fourth-order valence-corrected chi connectivity index (χ4v) is 1.96. The Balaban J connectivity index is 1.99. The van der Waals surface area contributed by atoms with Gasteiger partial charge in [-0.3, -0.25) is 4.79 Å². The van der Waals surface area contributed by atoms with E-state index in [1.165, 1.54) is 0 Å². The number of aliphatic hydroxyl groups excluding tert-OH is 1. The van der Waals surface area contributed by atoms with Crippen molar-refractivity contribution in [3.8, 4) is 5.75 Å². The average molecular weight is 264 g/mol. The molecule has 1 aliphatic rings. The van der Waals surface area contributed by atoms with Crippen molar-refractivity contribution in [3.63, 3.8) is 0 Å². The fraction of sp³-hybridized carbons (Fsp3) is 0.500. The van der Waals surface area contributed by atoms with Gasteiger partial charge in [-0.1, -0.05) is 26.0 Å². The lowest BCUT2D eigenvalue weighted by Gasteiger charge is -2.28. The van der Waals surface area contributed by atoms with Gasteiger partial charge in [0.05, 0.1) is 24.9 Å². The molecule has 1 heterocycles. The number of hydrogen-bond donors (Lipinski definition) is 3. The molecule has 2 atom stereocenters. The van der Waals surface area contributed by atoms with Gasteiger partial charge in [0.25, 0.3) is 5.91 Å². The minimum atomic E-state index is -0.567. The first kappa shape index (κ1) is 13.7. The second kappa shape index (κ2) is 5.93. The quantitative estimate of drug-likeness (QED) is 0.758. The third-order valence-corrected chi connectivity index (χ3v) is 3.26. The van der Waals surface area contributed by atoms with Gasteiger partial charge in [0, 0.05) is 0 Å². The Morgan fingerprint density at radius 1 is 1.53 bits per heavy atom. The van der Waals surface area contributed by atoms with Crippen molar-refractivity contribution in [1.82, 2.24) is 5.32 Å². The van der Waals surface area contributed by atoms with Crippen LogP contribution in [0.5, 0.6) is 5.75 Å². The first-order valence-corrected chi connectivity index (χ1v) is 6.52. The van der Waals surface area contributed by atoms with E-state index >= 15 is 0 Å². The summed E-state index contributed by atoms with van der Waals surface area (Å²) < 4.78 is 5.66. The zero-order chi connectivity index (χ0) is 13.8. The minimum absolute atomic E-state index is 0.0693. The van der Waals surface area contributed by atoms with Crippen LogP contribution in [0, 0.1) is 5.92 Å². The van der Waals surface area contributed by atoms with E-state index < -0.39 is 6.10 Å². The lowest BCUT2D eigenvalue weighted by atomic mass is 10.1. The van der Waals surface area contributed by atoms with Crippen molar-refractivity contribution in [1.29, 1.82) is 0 Å². The average Bonchev–Trinajstić information content (AvgIpc) is 2.43. The van der Waals surface area contributed by atoms with E-state index in [2.05, 4.69) is 10.6 Å². The molecule has 5 nitrogen and oxygen atoms in total. The normalized spacial score (nSPS) is 19.1. The lowest BCUT2D eigenvalue weighted by Crippen LogP contribution is -2.50. The van der Waals surface area contributed by atoms with Crippen LogP contribution in [0.4, 0.5) is 5.69 Å². The number of ether oxygens (including phenoxy) is 1. The van der Waals surface area contributed by atoms with Gasteiger partial charge in [-0.05, 0) is 18.1 Å². The predicted octanol–water partition coefficient (Wildman–Crippen LogP) is 0.993. The first-order chi connectivity index (χ1) is 9.11. The second-order valence-electron chi connectivity index (χ2n) is 5.03. The van der Waals surface area contributed by atoms with E-state index in [0.717, 1.165) is 5.69 Å². The molecule has 1 aliphatic heterocycles. The standard InChI is InChI=1S/C14H20N2O3/c1-9(2)11(8-17)16-14(18)13-7-15-10-5-3-4-6-12(10)19-13/h3-6,9,11,13,15,17H,7-8H2,1-2H3,(H,16,18). The van der Waals surface area contributed by atoms with E-state index in [4.69, 9.17) is 4.74 Å². The molecule has 104 valence electrons. The summed E-state index contributed by atoms with van der Waals surface area (Å²) in [6.07, 6.45) is -0.567. The maximum absolute atomic E-state index is 12.1. The summed E-state index contributed by atoms with van der Waals surface area (Å²) in [7, 11) is 0. The summed E-state index contributed by atoms with van der Waals surface area (Å²) in [6.45, 7) is 4.27. The number of carbonyl (C=O) groups is 1. The van der Waals surface area contributed by atoms with Crippen molar-refractivity contribution in [2.45, 2.75) is 26.0 Å². The molecule has 0 spiro atoms. The predicted molar refractivity (Wildman–Crippen MR) is 73.2 cm³/mol. The summed E-state index contributed by atoms with van der Waals surface area (Å²) in [6, 6.07) is 7.27. The summed E-state index contributed by atoms with van der Waals surface area (Å²) in [5, 5.41) is 15.2. The van der Waals surface area contributed by atoms with E-state index in [-0.39, 0.29) is 24.5 Å². The van der Waals surface area contributed by atoms with E-state index in [1.54, 1.807) is 0 Å². The molecule has 1 aromatic carbocycles. The number of aliphatic hydroxyl groups is 1. The zero-order valence-corrected chi connectivity index (χ0v) is 11.2. The lowest BCUT2D eigenvalue weighted by molar-refractivity contribution is -0.129. The maximum atomic E-state index is 12.1. The van der Waals surface area contributed by atoms with Crippen LogP contribution in [-0.4, -0.2) is 36.3 Å². The van der Waals surface area contributed by atoms with Crippen LogP contribution in [0.3, 0.4) is 0 Å². The van der Waals surface area contributed by atoms with Crippen LogP contribution in [0.1, 0.15) is 13.8 Å². The molecule has 0 aliphatic carbocycles. The highest BCUT2D eigenvalue weighted by Gasteiger charge is 2.27. The number of rotatable bonds is 4. The summed E-state index contributed by atoms with van der Waals surface area (Å²) in [5.74, 6) is 0.659. The van der Waals surface area contributed by atoms with Gasteiger partial charge in [0.15, 0.2) is 6.10 Å². The van der Waals surface area contributed by atoms with Gasteiger partial charge in [0.1, 0.15) is 5.75 Å². The summed E-state index contributed by atoms with van der Waals surface area (Å²) in [4.78, 5) is 12.1. The smallest absolute Gasteiger partial charge is 0.263 e. The second-order valence-corrected chi connectivity index (χ2v) is 5.03. The van der Waals surface area contributed by atoms with Crippen LogP contribution in [0.2, 0.25) is 0 Å². The third kappa shape index (κ3) is 3.17. The summed E-state index contributed by atoms with van der Waals surface area (Å²) >= 11 is 0. The van der Waals surface area contributed by atoms with Crippen LogP contribution >= 0.6 is 0 Å². The molecular formula is C14H20N2O3. The molecule has 5 heteroatoms. The van der Waals surface area contributed by atoms with Crippen molar-refractivity contribution >= 4 is 11.6 Å². The highest BCUT2D eigenvalue weighted by Crippen LogP contribution is 2.28. The third-order valence-electron chi connectivity index (χ3n) is 3.26. The molecule has 1 amide bonds. The largest absolute Gasteiger partial charge is 0.477 e. The van der Waals surface area contributed by atoms with Crippen LogP contribution in [0.25, 0.3) is 0 Å². The Bertz CT molecular complexity index is 448. The van der Waals surface area contributed by atoms with Crippen LogP contribution < -0.4 is 15.4 Å². The van der Waals surface area contributed by atoms with Crippen molar-refractivity contribution in [2.75, 3.05) is 18.5 Å². The van der Waals surface area contributed by atoms with Gasteiger partial charge < -0.3 is 20.5 Å². The van der Waals surface area contributed by atoms with Gasteiger partial charge in [-0.15, -0.1) is 0 Å². The van der Waals surface area contributed by atoms with Gasteiger partial charge in [-0.25, -0.2) is 0 Å². The Kier molecular flexibility index (Phi) is 4.27.